The fourth-order valence-corrected chi connectivity index (χ4v) is 1.95. The van der Waals surface area contributed by atoms with Gasteiger partial charge in [-0.3, -0.25) is 4.79 Å². The molecule has 0 aromatic rings. The third-order valence-electron chi connectivity index (χ3n) is 3.60. The lowest BCUT2D eigenvalue weighted by Crippen LogP contribution is -2.35. The van der Waals surface area contributed by atoms with Crippen molar-refractivity contribution in [3.05, 3.63) is 0 Å². The number of likely N-dealkylation sites (tertiary alicyclic amines) is 1. The standard InChI is InChI=1S/C11H18F3NO/c1-8(2)10(3)4-5-15(7-10)9(16)6-11(12,13)14/h8H,4-7H2,1-3H3/t10-/m0/s1. The Balaban J connectivity index is 2.57. The minimum Gasteiger partial charge on any atom is -0.342 e. The lowest BCUT2D eigenvalue weighted by atomic mass is 9.78. The SMILES string of the molecule is CC(C)[C@@]1(C)CCN(C(=O)CC(F)(F)F)C1. The number of hydrogen-bond acceptors (Lipinski definition) is 1. The maximum Gasteiger partial charge on any atom is 0.397 e. The molecule has 16 heavy (non-hydrogen) atoms. The summed E-state index contributed by atoms with van der Waals surface area (Å²) < 4.78 is 36.2. The van der Waals surface area contributed by atoms with E-state index >= 15 is 0 Å². The number of alkyl halides is 3. The molecule has 0 aliphatic carbocycles. The van der Waals surface area contributed by atoms with Crippen molar-refractivity contribution in [2.75, 3.05) is 13.1 Å². The summed E-state index contributed by atoms with van der Waals surface area (Å²) in [5, 5.41) is 0. The van der Waals surface area contributed by atoms with Crippen LogP contribution in [0.25, 0.3) is 0 Å². The van der Waals surface area contributed by atoms with E-state index in [1.165, 1.54) is 4.90 Å². The molecule has 0 aromatic heterocycles. The van der Waals surface area contributed by atoms with Gasteiger partial charge in [-0.1, -0.05) is 20.8 Å². The van der Waals surface area contributed by atoms with Crippen LogP contribution >= 0.6 is 0 Å². The van der Waals surface area contributed by atoms with Crippen molar-refractivity contribution >= 4 is 5.91 Å². The van der Waals surface area contributed by atoms with Crippen LogP contribution < -0.4 is 0 Å². The molecule has 1 saturated heterocycles. The third kappa shape index (κ3) is 3.12. The predicted octanol–water partition coefficient (Wildman–Crippen LogP) is 2.83. The average Bonchev–Trinajstić information content (AvgIpc) is 2.46. The molecule has 0 unspecified atom stereocenters. The molecule has 0 saturated carbocycles. The van der Waals surface area contributed by atoms with E-state index in [9.17, 15) is 18.0 Å². The number of nitrogens with zero attached hydrogens (tertiary/aromatic N) is 1. The highest BCUT2D eigenvalue weighted by Gasteiger charge is 2.41. The van der Waals surface area contributed by atoms with Crippen molar-refractivity contribution in [1.29, 1.82) is 0 Å². The van der Waals surface area contributed by atoms with Crippen molar-refractivity contribution in [2.24, 2.45) is 11.3 Å². The predicted molar refractivity (Wildman–Crippen MR) is 54.8 cm³/mol. The van der Waals surface area contributed by atoms with E-state index in [1.807, 2.05) is 20.8 Å². The van der Waals surface area contributed by atoms with Crippen LogP contribution in [0.5, 0.6) is 0 Å². The molecule has 94 valence electrons. The van der Waals surface area contributed by atoms with Crippen LogP contribution in [0.3, 0.4) is 0 Å². The normalized spacial score (nSPS) is 26.6. The summed E-state index contributed by atoms with van der Waals surface area (Å²) >= 11 is 0. The highest BCUT2D eigenvalue weighted by molar-refractivity contribution is 5.77. The summed E-state index contributed by atoms with van der Waals surface area (Å²) in [7, 11) is 0. The molecular weight excluding hydrogens is 219 g/mol. The van der Waals surface area contributed by atoms with Crippen LogP contribution in [0.15, 0.2) is 0 Å². The first-order valence-electron chi connectivity index (χ1n) is 5.48. The largest absolute Gasteiger partial charge is 0.397 e. The molecule has 0 bridgehead atoms. The van der Waals surface area contributed by atoms with E-state index in [2.05, 4.69) is 0 Å². The Morgan fingerprint density at radius 1 is 1.44 bits per heavy atom. The van der Waals surface area contributed by atoms with Crippen LogP contribution in [0.4, 0.5) is 13.2 Å². The van der Waals surface area contributed by atoms with Crippen LogP contribution in [0, 0.1) is 11.3 Å². The molecule has 1 atom stereocenters. The lowest BCUT2D eigenvalue weighted by molar-refractivity contribution is -0.160. The Morgan fingerprint density at radius 2 is 2.00 bits per heavy atom. The van der Waals surface area contributed by atoms with Crippen molar-refractivity contribution in [1.82, 2.24) is 4.90 Å². The topological polar surface area (TPSA) is 20.3 Å². The minimum absolute atomic E-state index is 0.0404. The molecule has 5 heteroatoms. The zero-order valence-electron chi connectivity index (χ0n) is 9.90. The van der Waals surface area contributed by atoms with E-state index in [0.717, 1.165) is 6.42 Å². The smallest absolute Gasteiger partial charge is 0.342 e. The molecular formula is C11H18F3NO. The highest BCUT2D eigenvalue weighted by Crippen LogP contribution is 2.37. The number of carbonyl (C=O) groups is 1. The number of amides is 1. The van der Waals surface area contributed by atoms with Gasteiger partial charge in [0.2, 0.25) is 5.91 Å². The minimum atomic E-state index is -4.39. The summed E-state index contributed by atoms with van der Waals surface area (Å²) in [5.74, 6) is -0.423. The molecule has 1 aliphatic rings. The van der Waals surface area contributed by atoms with Gasteiger partial charge < -0.3 is 4.90 Å². The Bertz CT molecular complexity index is 275. The second-order valence-electron chi connectivity index (χ2n) is 5.17. The number of halogens is 3. The maximum absolute atomic E-state index is 12.1. The average molecular weight is 237 g/mol. The maximum atomic E-state index is 12.1. The van der Waals surface area contributed by atoms with Gasteiger partial charge in [0.1, 0.15) is 6.42 Å². The number of carbonyl (C=O) groups excluding carboxylic acids is 1. The molecule has 0 N–H and O–H groups in total. The van der Waals surface area contributed by atoms with E-state index in [1.54, 1.807) is 0 Å². The van der Waals surface area contributed by atoms with Crippen LogP contribution in [-0.4, -0.2) is 30.1 Å². The molecule has 1 rings (SSSR count). The monoisotopic (exact) mass is 237 g/mol. The fraction of sp³-hybridized carbons (Fsp3) is 0.909. The number of hydrogen-bond donors (Lipinski definition) is 0. The van der Waals surface area contributed by atoms with E-state index in [4.69, 9.17) is 0 Å². The van der Waals surface area contributed by atoms with Gasteiger partial charge in [-0.2, -0.15) is 13.2 Å². The second-order valence-corrected chi connectivity index (χ2v) is 5.17. The molecule has 1 aliphatic heterocycles. The lowest BCUT2D eigenvalue weighted by Gasteiger charge is -2.28. The van der Waals surface area contributed by atoms with Gasteiger partial charge in [-0.25, -0.2) is 0 Å². The molecule has 0 aromatic carbocycles. The van der Waals surface area contributed by atoms with E-state index in [-0.39, 0.29) is 5.41 Å². The Morgan fingerprint density at radius 3 is 2.38 bits per heavy atom. The molecule has 0 spiro atoms. The number of rotatable bonds is 2. The van der Waals surface area contributed by atoms with Gasteiger partial charge in [0.25, 0.3) is 0 Å². The molecule has 0 radical (unpaired) electrons. The third-order valence-corrected chi connectivity index (χ3v) is 3.60. The Hall–Kier alpha value is -0.740. The highest BCUT2D eigenvalue weighted by atomic mass is 19.4. The van der Waals surface area contributed by atoms with Crippen molar-refractivity contribution in [2.45, 2.75) is 39.8 Å². The summed E-state index contributed by atoms with van der Waals surface area (Å²) in [6.07, 6.45) is -4.94. The van der Waals surface area contributed by atoms with Crippen LogP contribution in [0.1, 0.15) is 33.6 Å². The summed E-state index contributed by atoms with van der Waals surface area (Å²) in [4.78, 5) is 12.7. The molecule has 1 fully saturated rings. The Kier molecular flexibility index (Phi) is 3.55. The molecule has 1 amide bonds. The van der Waals surface area contributed by atoms with E-state index in [0.29, 0.717) is 19.0 Å². The summed E-state index contributed by atoms with van der Waals surface area (Å²) in [5.41, 5.74) is -0.0404. The quantitative estimate of drug-likeness (QED) is 0.723. The van der Waals surface area contributed by atoms with Gasteiger partial charge >= 0.3 is 6.18 Å². The summed E-state index contributed by atoms with van der Waals surface area (Å²) in [6.45, 7) is 7.00. The van der Waals surface area contributed by atoms with Gasteiger partial charge in [-0.05, 0) is 17.8 Å². The van der Waals surface area contributed by atoms with Gasteiger partial charge in [0, 0.05) is 13.1 Å². The molecule has 2 nitrogen and oxygen atoms in total. The first-order chi connectivity index (χ1) is 7.14. The Labute approximate surface area is 93.8 Å². The fourth-order valence-electron chi connectivity index (χ4n) is 1.95. The van der Waals surface area contributed by atoms with Crippen molar-refractivity contribution in [3.8, 4) is 0 Å². The van der Waals surface area contributed by atoms with Crippen molar-refractivity contribution < 1.29 is 18.0 Å². The molecule has 1 heterocycles. The first-order valence-corrected chi connectivity index (χ1v) is 5.48. The van der Waals surface area contributed by atoms with Gasteiger partial charge in [0.05, 0.1) is 0 Å². The van der Waals surface area contributed by atoms with Crippen molar-refractivity contribution in [3.63, 3.8) is 0 Å². The van der Waals surface area contributed by atoms with Crippen LogP contribution in [-0.2, 0) is 4.79 Å². The van der Waals surface area contributed by atoms with Crippen LogP contribution in [0.2, 0.25) is 0 Å². The second kappa shape index (κ2) is 4.26. The van der Waals surface area contributed by atoms with E-state index < -0.39 is 18.5 Å². The zero-order valence-corrected chi connectivity index (χ0v) is 9.90. The van der Waals surface area contributed by atoms with Gasteiger partial charge in [-0.15, -0.1) is 0 Å². The zero-order chi connectivity index (χ0) is 12.6. The summed E-state index contributed by atoms with van der Waals surface area (Å²) in [6, 6.07) is 0. The first kappa shape index (κ1) is 13.3. The van der Waals surface area contributed by atoms with Gasteiger partial charge in [0.15, 0.2) is 0 Å².